The van der Waals surface area contributed by atoms with E-state index in [1.165, 1.54) is 23.7 Å². The smallest absolute Gasteiger partial charge is 0.347 e. The highest BCUT2D eigenvalue weighted by Gasteiger charge is 2.21. The molecule has 0 unspecified atom stereocenters. The molecule has 5 aromatic rings. The maximum atomic E-state index is 12.2. The topological polar surface area (TPSA) is 133 Å². The fourth-order valence-corrected chi connectivity index (χ4v) is 5.09. The van der Waals surface area contributed by atoms with Gasteiger partial charge in [0.1, 0.15) is 17.2 Å². The van der Waals surface area contributed by atoms with Crippen LogP contribution in [0.4, 0.5) is 5.69 Å². The first-order valence-electron chi connectivity index (χ1n) is 13.1. The molecular weight excluding hydrogens is 558 g/mol. The normalized spacial score (nSPS) is 10.7. The zero-order valence-corrected chi connectivity index (χ0v) is 23.9. The van der Waals surface area contributed by atoms with Gasteiger partial charge in [-0.05, 0) is 44.2 Å². The van der Waals surface area contributed by atoms with Gasteiger partial charge in [0.05, 0.1) is 29.1 Å². The van der Waals surface area contributed by atoms with Crippen molar-refractivity contribution in [3.05, 3.63) is 84.5 Å². The minimum Gasteiger partial charge on any atom is -0.462 e. The average molecular weight is 586 g/mol. The number of hydrogen-bond acceptors (Lipinski definition) is 10. The average Bonchev–Trinajstić information content (AvgIpc) is 3.55. The third kappa shape index (κ3) is 6.08. The van der Waals surface area contributed by atoms with Gasteiger partial charge in [0.15, 0.2) is 10.5 Å². The van der Waals surface area contributed by atoms with Crippen LogP contribution in [-0.4, -0.2) is 52.5 Å². The lowest BCUT2D eigenvalue weighted by Crippen LogP contribution is -2.19. The van der Waals surface area contributed by atoms with Crippen molar-refractivity contribution in [2.24, 2.45) is 0 Å². The molecule has 1 amide bonds. The molecule has 0 aliphatic heterocycles. The molecule has 5 rings (SSSR count). The molecular formula is C30H27N5O6S. The highest BCUT2D eigenvalue weighted by Crippen LogP contribution is 2.33. The molecule has 214 valence electrons. The summed E-state index contributed by atoms with van der Waals surface area (Å²) in [5.74, 6) is -0.648. The number of benzene rings is 2. The van der Waals surface area contributed by atoms with Crippen LogP contribution in [0.15, 0.2) is 78.8 Å². The summed E-state index contributed by atoms with van der Waals surface area (Å²) >= 11 is 1.53. The summed E-state index contributed by atoms with van der Waals surface area (Å²) in [7, 11) is 1.55. The first-order chi connectivity index (χ1) is 20.4. The van der Waals surface area contributed by atoms with E-state index in [1.807, 2.05) is 53.1 Å². The number of thiazole rings is 1. The molecule has 0 aliphatic rings. The Bertz CT molecular complexity index is 1790. The van der Waals surface area contributed by atoms with Crippen LogP contribution in [0.5, 0.6) is 11.5 Å². The molecule has 42 heavy (non-hydrogen) atoms. The summed E-state index contributed by atoms with van der Waals surface area (Å²) in [6.45, 7) is 3.61. The van der Waals surface area contributed by atoms with Crippen LogP contribution < -0.4 is 15.4 Å². The van der Waals surface area contributed by atoms with Gasteiger partial charge in [0, 0.05) is 49.0 Å². The highest BCUT2D eigenvalue weighted by atomic mass is 32.1. The predicted octanol–water partition coefficient (Wildman–Crippen LogP) is 5.18. The summed E-state index contributed by atoms with van der Waals surface area (Å²) in [6.07, 6.45) is 4.79. The number of anilines is 1. The molecule has 0 aliphatic carbocycles. The molecule has 2 N–H and O–H groups in total. The number of nitrogens with zero attached hydrogens (tertiary/aromatic N) is 3. The van der Waals surface area contributed by atoms with E-state index in [1.54, 1.807) is 33.0 Å². The maximum Gasteiger partial charge on any atom is 0.347 e. The fourth-order valence-electron chi connectivity index (χ4n) is 4.06. The van der Waals surface area contributed by atoms with Crippen molar-refractivity contribution in [1.82, 2.24) is 19.7 Å². The number of rotatable bonds is 10. The number of imidazole rings is 1. The molecule has 3 heterocycles. The number of esters is 2. The number of ether oxygens (including phenoxy) is 3. The van der Waals surface area contributed by atoms with Gasteiger partial charge in [0.2, 0.25) is 0 Å². The molecule has 0 radical (unpaired) electrons. The van der Waals surface area contributed by atoms with Crippen molar-refractivity contribution in [2.75, 3.05) is 25.6 Å². The van der Waals surface area contributed by atoms with Crippen molar-refractivity contribution in [1.29, 1.82) is 0 Å². The number of carbonyl (C=O) groups is 3. The second kappa shape index (κ2) is 12.5. The van der Waals surface area contributed by atoms with Crippen molar-refractivity contribution >= 4 is 50.0 Å². The van der Waals surface area contributed by atoms with E-state index >= 15 is 0 Å². The van der Waals surface area contributed by atoms with E-state index < -0.39 is 11.9 Å². The molecule has 0 atom stereocenters. The third-order valence-corrected chi connectivity index (χ3v) is 7.06. The molecule has 11 nitrogen and oxygen atoms in total. The van der Waals surface area contributed by atoms with Gasteiger partial charge >= 0.3 is 11.9 Å². The van der Waals surface area contributed by atoms with E-state index in [0.29, 0.717) is 17.2 Å². The predicted molar refractivity (Wildman–Crippen MR) is 159 cm³/mol. The summed E-state index contributed by atoms with van der Waals surface area (Å²) in [4.78, 5) is 45.9. The molecule has 0 fully saturated rings. The Morgan fingerprint density at radius 1 is 0.952 bits per heavy atom. The van der Waals surface area contributed by atoms with Gasteiger partial charge in [-0.3, -0.25) is 14.2 Å². The Morgan fingerprint density at radius 3 is 2.36 bits per heavy atom. The Morgan fingerprint density at radius 2 is 1.67 bits per heavy atom. The molecule has 0 bridgehead atoms. The van der Waals surface area contributed by atoms with Crippen LogP contribution in [0.25, 0.3) is 26.4 Å². The summed E-state index contributed by atoms with van der Waals surface area (Å²) in [6, 6.07) is 16.5. The number of hydrogen-bond donors (Lipinski definition) is 2. The number of pyridine rings is 1. The van der Waals surface area contributed by atoms with Crippen LogP contribution >= 0.6 is 11.3 Å². The number of fused-ring (bicyclic) bond motifs is 3. The maximum absolute atomic E-state index is 12.2. The summed E-state index contributed by atoms with van der Waals surface area (Å²) < 4.78 is 18.9. The van der Waals surface area contributed by atoms with E-state index in [-0.39, 0.29) is 30.4 Å². The van der Waals surface area contributed by atoms with E-state index in [2.05, 4.69) is 15.6 Å². The van der Waals surface area contributed by atoms with E-state index in [9.17, 15) is 14.4 Å². The van der Waals surface area contributed by atoms with Crippen LogP contribution in [0.1, 0.15) is 24.3 Å². The van der Waals surface area contributed by atoms with Crippen LogP contribution in [0, 0.1) is 0 Å². The van der Waals surface area contributed by atoms with Gasteiger partial charge in [0.25, 0.3) is 5.91 Å². The molecule has 2 aromatic carbocycles. The summed E-state index contributed by atoms with van der Waals surface area (Å²) in [5, 5.41) is 5.51. The lowest BCUT2D eigenvalue weighted by atomic mass is 10.1. The summed E-state index contributed by atoms with van der Waals surface area (Å²) in [5.41, 5.74) is 3.40. The molecule has 12 heteroatoms. The highest BCUT2D eigenvalue weighted by molar-refractivity contribution is 7.23. The minimum atomic E-state index is -0.753. The van der Waals surface area contributed by atoms with Gasteiger partial charge in [-0.15, -0.1) is 0 Å². The quantitative estimate of drug-likeness (QED) is 0.0984. The van der Waals surface area contributed by atoms with Crippen molar-refractivity contribution in [3.63, 3.8) is 0 Å². The lowest BCUT2D eigenvalue weighted by Gasteiger charge is -2.08. The monoisotopic (exact) mass is 585 g/mol. The Hall–Kier alpha value is -5.23. The van der Waals surface area contributed by atoms with Crippen molar-refractivity contribution in [2.45, 2.75) is 13.8 Å². The van der Waals surface area contributed by atoms with Gasteiger partial charge in [-0.2, -0.15) is 0 Å². The van der Waals surface area contributed by atoms with Crippen molar-refractivity contribution < 1.29 is 28.6 Å². The fraction of sp³-hybridized carbons (Fsp3) is 0.167. The van der Waals surface area contributed by atoms with Gasteiger partial charge < -0.3 is 24.8 Å². The number of carbonyl (C=O) groups excluding carboxylic acids is 3. The third-order valence-electron chi connectivity index (χ3n) is 6.05. The Kier molecular flexibility index (Phi) is 8.44. The zero-order chi connectivity index (χ0) is 29.6. The van der Waals surface area contributed by atoms with Crippen LogP contribution in [0.3, 0.4) is 0 Å². The minimum absolute atomic E-state index is 0.142. The van der Waals surface area contributed by atoms with E-state index in [4.69, 9.17) is 19.2 Å². The number of amides is 1. The molecule has 0 saturated heterocycles. The van der Waals surface area contributed by atoms with Crippen LogP contribution in [-0.2, 0) is 19.1 Å². The van der Waals surface area contributed by atoms with Gasteiger partial charge in [-0.25, -0.2) is 14.6 Å². The van der Waals surface area contributed by atoms with Gasteiger partial charge in [-0.1, -0.05) is 23.5 Å². The standard InChI is InChI=1S/C30H27N5O6S/c1-4-39-28(37)22(29(38)40-5-2)16-33-19-8-6-18(7-9-19)24-17-35-25-11-10-20(15-26(25)42-30(35)34-24)41-21-12-13-32-23(14-21)27(36)31-3/h6-17,33H,4-5H2,1-3H3,(H,31,36). The zero-order valence-electron chi connectivity index (χ0n) is 23.0. The molecule has 3 aromatic heterocycles. The molecule has 0 spiro atoms. The van der Waals surface area contributed by atoms with Crippen molar-refractivity contribution in [3.8, 4) is 22.8 Å². The Labute approximate surface area is 244 Å². The number of aromatic nitrogens is 3. The Balaban J connectivity index is 1.32. The van der Waals surface area contributed by atoms with Crippen LogP contribution in [0.2, 0.25) is 0 Å². The SMILES string of the molecule is CCOC(=O)C(=CNc1ccc(-c2cn3c(n2)sc2cc(Oc4ccnc(C(=O)NC)c4)ccc23)cc1)C(=O)OCC. The lowest BCUT2D eigenvalue weighted by molar-refractivity contribution is -0.146. The first-order valence-corrected chi connectivity index (χ1v) is 13.9. The molecule has 0 saturated carbocycles. The van der Waals surface area contributed by atoms with E-state index in [0.717, 1.165) is 26.4 Å². The number of nitrogens with one attached hydrogen (secondary N) is 2. The first kappa shape index (κ1) is 28.3. The second-order valence-electron chi connectivity index (χ2n) is 8.79. The largest absolute Gasteiger partial charge is 0.462 e. The second-order valence-corrected chi connectivity index (χ2v) is 9.80.